The molecule has 1 aromatic rings. The second-order valence-corrected chi connectivity index (χ2v) is 8.45. The first-order valence-electron chi connectivity index (χ1n) is 7.82. The van der Waals surface area contributed by atoms with Crippen molar-refractivity contribution in [1.82, 2.24) is 9.62 Å². The molecule has 0 aliphatic carbocycles. The molecule has 0 amide bonds. The first-order chi connectivity index (χ1) is 9.98. The fourth-order valence-electron chi connectivity index (χ4n) is 3.38. The van der Waals surface area contributed by atoms with E-state index in [1.165, 1.54) is 5.56 Å². The van der Waals surface area contributed by atoms with Gasteiger partial charge in [0.1, 0.15) is 0 Å². The van der Waals surface area contributed by atoms with Crippen molar-refractivity contribution in [3.05, 3.63) is 29.8 Å². The number of benzene rings is 1. The van der Waals surface area contributed by atoms with E-state index in [0.717, 1.165) is 19.4 Å². The summed E-state index contributed by atoms with van der Waals surface area (Å²) in [6, 6.07) is 7.70. The minimum absolute atomic E-state index is 0.337. The number of sulfonamides is 1. The van der Waals surface area contributed by atoms with E-state index >= 15 is 0 Å². The van der Waals surface area contributed by atoms with Crippen LogP contribution in [0.2, 0.25) is 0 Å². The van der Waals surface area contributed by atoms with Crippen molar-refractivity contribution < 1.29 is 8.42 Å². The lowest BCUT2D eigenvalue weighted by molar-refractivity contribution is 0.339. The minimum atomic E-state index is -3.35. The molecule has 2 heterocycles. The van der Waals surface area contributed by atoms with E-state index in [4.69, 9.17) is 0 Å². The maximum Gasteiger partial charge on any atom is 0.243 e. The zero-order chi connectivity index (χ0) is 15.0. The second kappa shape index (κ2) is 5.71. The van der Waals surface area contributed by atoms with Crippen LogP contribution in [0.3, 0.4) is 0 Å². The summed E-state index contributed by atoms with van der Waals surface area (Å²) in [6.45, 7) is 6.50. The van der Waals surface area contributed by atoms with Crippen LogP contribution in [0, 0.1) is 5.92 Å². The van der Waals surface area contributed by atoms with Gasteiger partial charge >= 0.3 is 0 Å². The van der Waals surface area contributed by atoms with Gasteiger partial charge in [0, 0.05) is 19.1 Å². The minimum Gasteiger partial charge on any atom is -0.312 e. The van der Waals surface area contributed by atoms with Crippen molar-refractivity contribution in [3.63, 3.8) is 0 Å². The van der Waals surface area contributed by atoms with Crippen LogP contribution in [0.15, 0.2) is 29.2 Å². The molecule has 1 N–H and O–H groups in total. The van der Waals surface area contributed by atoms with Crippen LogP contribution in [0.4, 0.5) is 0 Å². The maximum atomic E-state index is 12.8. The van der Waals surface area contributed by atoms with Crippen LogP contribution in [-0.4, -0.2) is 38.4 Å². The lowest BCUT2D eigenvalue weighted by Gasteiger charge is -2.24. The van der Waals surface area contributed by atoms with E-state index < -0.39 is 10.0 Å². The molecule has 0 aromatic heterocycles. The molecule has 4 nitrogen and oxygen atoms in total. The number of nitrogens with one attached hydrogen (secondary N) is 1. The highest BCUT2D eigenvalue weighted by Gasteiger charge is 2.40. The van der Waals surface area contributed by atoms with Crippen molar-refractivity contribution in [2.45, 2.75) is 43.5 Å². The van der Waals surface area contributed by atoms with Gasteiger partial charge in [-0.2, -0.15) is 4.31 Å². The summed E-state index contributed by atoms with van der Waals surface area (Å²) in [6.07, 6.45) is 2.29. The summed E-state index contributed by atoms with van der Waals surface area (Å²) in [4.78, 5) is 0.422. The summed E-state index contributed by atoms with van der Waals surface area (Å²) >= 11 is 0. The molecule has 5 heteroatoms. The molecule has 116 valence electrons. The van der Waals surface area contributed by atoms with E-state index in [1.807, 2.05) is 12.1 Å². The third-order valence-electron chi connectivity index (χ3n) is 4.75. The van der Waals surface area contributed by atoms with Crippen LogP contribution < -0.4 is 5.32 Å². The summed E-state index contributed by atoms with van der Waals surface area (Å²) in [7, 11) is -3.35. The number of rotatable bonds is 3. The normalized spacial score (nSPS) is 27.0. The average molecular weight is 308 g/mol. The topological polar surface area (TPSA) is 49.4 Å². The quantitative estimate of drug-likeness (QED) is 0.931. The highest BCUT2D eigenvalue weighted by atomic mass is 32.2. The third-order valence-corrected chi connectivity index (χ3v) is 6.60. The van der Waals surface area contributed by atoms with Gasteiger partial charge in [-0.05, 0) is 48.9 Å². The Hall–Kier alpha value is -0.910. The fourth-order valence-corrected chi connectivity index (χ4v) is 4.90. The lowest BCUT2D eigenvalue weighted by Crippen LogP contribution is -2.41. The molecule has 2 fully saturated rings. The molecular formula is C16H24N2O2S. The second-order valence-electron chi connectivity index (χ2n) is 6.51. The Morgan fingerprint density at radius 3 is 2.52 bits per heavy atom. The molecule has 1 aromatic carbocycles. The number of piperidine rings is 1. The molecule has 2 saturated heterocycles. The Morgan fingerprint density at radius 1 is 1.19 bits per heavy atom. The molecule has 0 radical (unpaired) electrons. The Labute approximate surface area is 127 Å². The zero-order valence-electron chi connectivity index (χ0n) is 12.7. The molecule has 21 heavy (non-hydrogen) atoms. The van der Waals surface area contributed by atoms with Gasteiger partial charge in [0.25, 0.3) is 0 Å². The number of hydrogen-bond acceptors (Lipinski definition) is 3. The van der Waals surface area contributed by atoms with Crippen molar-refractivity contribution in [3.8, 4) is 0 Å². The van der Waals surface area contributed by atoms with Crippen LogP contribution in [0.25, 0.3) is 0 Å². The van der Waals surface area contributed by atoms with Crippen molar-refractivity contribution in [2.24, 2.45) is 5.92 Å². The SMILES string of the molecule is CC(C)c1ccc(S(=O)(=O)N2C[C@@H]3CCCN[C@@H]3C2)cc1. The monoisotopic (exact) mass is 308 g/mol. The molecule has 0 saturated carbocycles. The smallest absolute Gasteiger partial charge is 0.243 e. The van der Waals surface area contributed by atoms with Gasteiger partial charge in [-0.15, -0.1) is 0 Å². The molecule has 2 aliphatic heterocycles. The Bertz CT molecular complexity index is 581. The predicted molar refractivity (Wildman–Crippen MR) is 83.8 cm³/mol. The average Bonchev–Trinajstić information content (AvgIpc) is 2.92. The van der Waals surface area contributed by atoms with Crippen LogP contribution in [0.5, 0.6) is 0 Å². The highest BCUT2D eigenvalue weighted by molar-refractivity contribution is 7.89. The van der Waals surface area contributed by atoms with Crippen molar-refractivity contribution >= 4 is 10.0 Å². The van der Waals surface area contributed by atoms with E-state index in [9.17, 15) is 8.42 Å². The molecule has 2 aliphatic rings. The highest BCUT2D eigenvalue weighted by Crippen LogP contribution is 2.29. The zero-order valence-corrected chi connectivity index (χ0v) is 13.6. The Morgan fingerprint density at radius 2 is 1.90 bits per heavy atom. The summed E-state index contributed by atoms with van der Waals surface area (Å²) in [5.74, 6) is 0.893. The predicted octanol–water partition coefficient (Wildman–Crippen LogP) is 2.18. The molecular weight excluding hydrogens is 284 g/mol. The van der Waals surface area contributed by atoms with Gasteiger partial charge in [-0.1, -0.05) is 26.0 Å². The first kappa shape index (κ1) is 15.0. The van der Waals surface area contributed by atoms with Gasteiger partial charge in [-0.25, -0.2) is 8.42 Å². The summed E-state index contributed by atoms with van der Waals surface area (Å²) in [5, 5.41) is 3.45. The Kier molecular flexibility index (Phi) is 4.08. The van der Waals surface area contributed by atoms with Crippen molar-refractivity contribution in [2.75, 3.05) is 19.6 Å². The van der Waals surface area contributed by atoms with Gasteiger partial charge in [0.15, 0.2) is 0 Å². The van der Waals surface area contributed by atoms with E-state index in [0.29, 0.717) is 35.9 Å². The first-order valence-corrected chi connectivity index (χ1v) is 9.26. The lowest BCUT2D eigenvalue weighted by atomic mass is 9.94. The van der Waals surface area contributed by atoms with E-state index in [2.05, 4.69) is 19.2 Å². The molecule has 3 rings (SSSR count). The van der Waals surface area contributed by atoms with Crippen LogP contribution in [0.1, 0.15) is 38.2 Å². The van der Waals surface area contributed by atoms with Crippen molar-refractivity contribution in [1.29, 1.82) is 0 Å². The number of fused-ring (bicyclic) bond motifs is 1. The number of hydrogen-bond donors (Lipinski definition) is 1. The van der Waals surface area contributed by atoms with Crippen LogP contribution in [-0.2, 0) is 10.0 Å². The molecule has 2 atom stereocenters. The maximum absolute atomic E-state index is 12.8. The molecule has 0 unspecified atom stereocenters. The van der Waals surface area contributed by atoms with Gasteiger partial charge in [0.05, 0.1) is 4.90 Å². The molecule has 0 spiro atoms. The largest absolute Gasteiger partial charge is 0.312 e. The summed E-state index contributed by atoms with van der Waals surface area (Å²) in [5.41, 5.74) is 1.17. The van der Waals surface area contributed by atoms with Gasteiger partial charge < -0.3 is 5.32 Å². The van der Waals surface area contributed by atoms with Gasteiger partial charge in [-0.3, -0.25) is 0 Å². The van der Waals surface area contributed by atoms with E-state index in [1.54, 1.807) is 16.4 Å². The van der Waals surface area contributed by atoms with Crippen LogP contribution >= 0.6 is 0 Å². The fraction of sp³-hybridized carbons (Fsp3) is 0.625. The van der Waals surface area contributed by atoms with Gasteiger partial charge in [0.2, 0.25) is 10.0 Å². The standard InChI is InChI=1S/C16H24N2O2S/c1-12(2)13-5-7-15(8-6-13)21(19,20)18-10-14-4-3-9-17-16(14)11-18/h5-8,12,14,16-17H,3-4,9-11H2,1-2H3/t14-,16+/m0/s1. The van der Waals surface area contributed by atoms with E-state index in [-0.39, 0.29) is 0 Å². The Balaban J connectivity index is 1.80. The summed E-state index contributed by atoms with van der Waals surface area (Å²) < 4.78 is 27.2. The molecule has 0 bridgehead atoms. The third kappa shape index (κ3) is 2.87. The number of nitrogens with zero attached hydrogens (tertiary/aromatic N) is 1.